The van der Waals surface area contributed by atoms with Gasteiger partial charge in [-0.1, -0.05) is 12.1 Å². The van der Waals surface area contributed by atoms with Crippen molar-refractivity contribution >= 4 is 17.3 Å². The molecule has 0 aliphatic carbocycles. The second kappa shape index (κ2) is 9.72. The largest absolute Gasteiger partial charge is 0.493 e. The molecule has 0 fully saturated rings. The van der Waals surface area contributed by atoms with E-state index in [2.05, 4.69) is 0 Å². The van der Waals surface area contributed by atoms with Crippen LogP contribution in [0.25, 0.3) is 0 Å². The number of hydrogen-bond donors (Lipinski definition) is 1. The van der Waals surface area contributed by atoms with E-state index in [-0.39, 0.29) is 5.69 Å². The quantitative estimate of drug-likeness (QED) is 0.707. The van der Waals surface area contributed by atoms with Gasteiger partial charge in [-0.2, -0.15) is 18.3 Å². The minimum absolute atomic E-state index is 0.109. The molecular formula is C22H24F3N3O3. The molecule has 0 unspecified atom stereocenters. The average molecular weight is 435 g/mol. The van der Waals surface area contributed by atoms with E-state index in [9.17, 15) is 18.0 Å². The van der Waals surface area contributed by atoms with Gasteiger partial charge in [0.1, 0.15) is 0 Å². The van der Waals surface area contributed by atoms with Gasteiger partial charge >= 0.3 is 12.1 Å². The van der Waals surface area contributed by atoms with Crippen LogP contribution >= 0.6 is 0 Å². The zero-order valence-corrected chi connectivity index (χ0v) is 17.3. The molecule has 1 N–H and O–H groups in total. The predicted octanol–water partition coefficient (Wildman–Crippen LogP) is 4.25. The number of amides is 1. The highest BCUT2D eigenvalue weighted by molar-refractivity contribution is 6.01. The summed E-state index contributed by atoms with van der Waals surface area (Å²) >= 11 is 0. The van der Waals surface area contributed by atoms with E-state index in [4.69, 9.17) is 14.6 Å². The molecule has 2 aromatic rings. The summed E-state index contributed by atoms with van der Waals surface area (Å²) in [6, 6.07) is 12.1. The number of nitrogens with one attached hydrogen (secondary N) is 1. The van der Waals surface area contributed by atoms with Crippen molar-refractivity contribution in [1.82, 2.24) is 5.01 Å². The van der Waals surface area contributed by atoms with E-state index in [0.717, 1.165) is 36.2 Å². The molecule has 0 saturated carbocycles. The van der Waals surface area contributed by atoms with Crippen LogP contribution in [0.4, 0.5) is 18.9 Å². The van der Waals surface area contributed by atoms with Crippen molar-refractivity contribution in [3.05, 3.63) is 53.6 Å². The van der Waals surface area contributed by atoms with Crippen molar-refractivity contribution in [1.29, 1.82) is 0 Å². The Hall–Kier alpha value is -3.23. The van der Waals surface area contributed by atoms with E-state index >= 15 is 0 Å². The summed E-state index contributed by atoms with van der Waals surface area (Å²) in [6.07, 6.45) is -2.40. The number of methoxy groups -OCH3 is 2. The van der Waals surface area contributed by atoms with Gasteiger partial charge in [-0.3, -0.25) is 9.80 Å². The molecular weight excluding hydrogens is 411 g/mol. The fraction of sp³-hybridized carbons (Fsp3) is 0.364. The number of carbonyl (C=O) groups is 1. The predicted molar refractivity (Wildman–Crippen MR) is 112 cm³/mol. The molecule has 0 saturated heterocycles. The van der Waals surface area contributed by atoms with Crippen molar-refractivity contribution in [2.24, 2.45) is 5.10 Å². The van der Waals surface area contributed by atoms with E-state index < -0.39 is 12.1 Å². The molecule has 0 atom stereocenters. The molecule has 9 heteroatoms. The van der Waals surface area contributed by atoms with Crippen molar-refractivity contribution in [3.63, 3.8) is 0 Å². The molecule has 1 heterocycles. The Morgan fingerprint density at radius 3 is 2.45 bits per heavy atom. The molecule has 0 bridgehead atoms. The van der Waals surface area contributed by atoms with Crippen molar-refractivity contribution < 1.29 is 27.4 Å². The van der Waals surface area contributed by atoms with Gasteiger partial charge in [0, 0.05) is 24.3 Å². The number of carbonyl (C=O) groups excluding carboxylic acids is 1. The Kier molecular flexibility index (Phi) is 7.04. The van der Waals surface area contributed by atoms with Gasteiger partial charge in [0.2, 0.25) is 0 Å². The van der Waals surface area contributed by atoms with Gasteiger partial charge in [0.05, 0.1) is 19.9 Å². The van der Waals surface area contributed by atoms with Gasteiger partial charge < -0.3 is 14.8 Å². The van der Waals surface area contributed by atoms with Crippen LogP contribution in [-0.2, 0) is 11.2 Å². The summed E-state index contributed by atoms with van der Waals surface area (Å²) in [6.45, 7) is 1.50. The smallest absolute Gasteiger partial charge is 0.471 e. The van der Waals surface area contributed by atoms with Gasteiger partial charge in [-0.25, -0.2) is 0 Å². The van der Waals surface area contributed by atoms with Gasteiger partial charge in [-0.05, 0) is 55.2 Å². The molecule has 1 aliphatic rings. The maximum Gasteiger partial charge on any atom is 0.471 e. The zero-order valence-electron chi connectivity index (χ0n) is 17.3. The van der Waals surface area contributed by atoms with Crippen LogP contribution in [0.2, 0.25) is 0 Å². The first-order valence-electron chi connectivity index (χ1n) is 9.82. The van der Waals surface area contributed by atoms with Crippen LogP contribution in [0.1, 0.15) is 24.0 Å². The second-order valence-electron chi connectivity index (χ2n) is 7.07. The van der Waals surface area contributed by atoms with Crippen LogP contribution in [0.3, 0.4) is 0 Å². The Labute approximate surface area is 178 Å². The monoisotopic (exact) mass is 435 g/mol. The van der Waals surface area contributed by atoms with E-state index in [1.165, 1.54) is 12.1 Å². The number of halogens is 3. The zero-order chi connectivity index (χ0) is 22.4. The van der Waals surface area contributed by atoms with Crippen LogP contribution in [0.5, 0.6) is 11.5 Å². The lowest BCUT2D eigenvalue weighted by atomic mass is 10.0. The number of rotatable bonds is 7. The van der Waals surface area contributed by atoms with E-state index in [0.29, 0.717) is 24.5 Å². The number of hydrazone groups is 1. The number of nitrogens with zero attached hydrogens (tertiary/aromatic N) is 2. The minimum Gasteiger partial charge on any atom is -0.493 e. The first-order chi connectivity index (χ1) is 14.8. The third-order valence-electron chi connectivity index (χ3n) is 4.94. The molecule has 3 rings (SSSR count). The summed E-state index contributed by atoms with van der Waals surface area (Å²) in [5.41, 5.74) is 3.00. The Morgan fingerprint density at radius 1 is 1.10 bits per heavy atom. The molecule has 1 aliphatic heterocycles. The Balaban J connectivity index is 1.61. The fourth-order valence-corrected chi connectivity index (χ4v) is 3.29. The maximum atomic E-state index is 12.3. The molecule has 2 aromatic carbocycles. The second-order valence-corrected chi connectivity index (χ2v) is 7.07. The standard InChI is InChI=1S/C22H24F3N3O3/c1-30-19-10-7-16(14-20(19)31-2)18-4-3-12-28(27-18)13-11-15-5-8-17(9-6-15)26-21(29)22(23,24)25/h5-10,14H,3-4,11-13H2,1-2H3,(H,26,29). The van der Waals surface area contributed by atoms with Crippen LogP contribution in [0, 0.1) is 0 Å². The molecule has 0 radical (unpaired) electrons. The topological polar surface area (TPSA) is 63.2 Å². The highest BCUT2D eigenvalue weighted by Gasteiger charge is 2.38. The number of anilines is 1. The summed E-state index contributed by atoms with van der Waals surface area (Å²) in [5.74, 6) is -0.669. The number of alkyl halides is 3. The number of ether oxygens (including phenoxy) is 2. The molecule has 31 heavy (non-hydrogen) atoms. The summed E-state index contributed by atoms with van der Waals surface area (Å²) < 4.78 is 47.6. The highest BCUT2D eigenvalue weighted by Crippen LogP contribution is 2.29. The van der Waals surface area contributed by atoms with E-state index in [1.54, 1.807) is 26.4 Å². The maximum absolute atomic E-state index is 12.3. The van der Waals surface area contributed by atoms with Gasteiger partial charge in [0.25, 0.3) is 0 Å². The van der Waals surface area contributed by atoms with E-state index in [1.807, 2.05) is 28.5 Å². The normalized spacial score (nSPS) is 14.1. The third kappa shape index (κ3) is 5.90. The lowest BCUT2D eigenvalue weighted by molar-refractivity contribution is -0.167. The minimum atomic E-state index is -4.91. The lowest BCUT2D eigenvalue weighted by Gasteiger charge is -2.26. The molecule has 6 nitrogen and oxygen atoms in total. The molecule has 0 aromatic heterocycles. The fourth-order valence-electron chi connectivity index (χ4n) is 3.29. The number of hydrogen-bond acceptors (Lipinski definition) is 5. The molecule has 0 spiro atoms. The van der Waals surface area contributed by atoms with Crippen LogP contribution < -0.4 is 14.8 Å². The Morgan fingerprint density at radius 2 is 1.81 bits per heavy atom. The highest BCUT2D eigenvalue weighted by atomic mass is 19.4. The summed E-state index contributed by atoms with van der Waals surface area (Å²) in [4.78, 5) is 11.0. The SMILES string of the molecule is COc1ccc(C2=NN(CCc3ccc(NC(=O)C(F)(F)F)cc3)CCC2)cc1OC. The third-order valence-corrected chi connectivity index (χ3v) is 4.94. The van der Waals surface area contributed by atoms with Gasteiger partial charge in [0.15, 0.2) is 11.5 Å². The first-order valence-corrected chi connectivity index (χ1v) is 9.82. The lowest BCUT2D eigenvalue weighted by Crippen LogP contribution is -2.30. The summed E-state index contributed by atoms with van der Waals surface area (Å²) in [7, 11) is 3.19. The van der Waals surface area contributed by atoms with Crippen molar-refractivity contribution in [2.75, 3.05) is 32.6 Å². The number of benzene rings is 2. The van der Waals surface area contributed by atoms with Crippen molar-refractivity contribution in [2.45, 2.75) is 25.4 Å². The Bertz CT molecular complexity index is 943. The average Bonchev–Trinajstić information content (AvgIpc) is 2.77. The first kappa shape index (κ1) is 22.5. The van der Waals surface area contributed by atoms with Crippen LogP contribution in [-0.4, -0.2) is 50.1 Å². The summed E-state index contributed by atoms with van der Waals surface area (Å²) in [5, 5.41) is 8.59. The van der Waals surface area contributed by atoms with Crippen LogP contribution in [0.15, 0.2) is 47.6 Å². The van der Waals surface area contributed by atoms with Crippen molar-refractivity contribution in [3.8, 4) is 11.5 Å². The molecule has 166 valence electrons. The molecule has 1 amide bonds. The van der Waals surface area contributed by atoms with Gasteiger partial charge in [-0.15, -0.1) is 0 Å².